The fourth-order valence-electron chi connectivity index (χ4n) is 2.85. The van der Waals surface area contributed by atoms with Crippen molar-refractivity contribution in [2.75, 3.05) is 25.2 Å². The Balaban J connectivity index is 2.37. The number of benzene rings is 1. The van der Waals surface area contributed by atoms with Crippen LogP contribution in [0.2, 0.25) is 0 Å². The second-order valence-corrected chi connectivity index (χ2v) is 6.90. The van der Waals surface area contributed by atoms with E-state index in [2.05, 4.69) is 0 Å². The molecular formula is C17H24N2O5. The predicted molar refractivity (Wildman–Crippen MR) is 90.5 cm³/mol. The summed E-state index contributed by atoms with van der Waals surface area (Å²) in [5.41, 5.74) is 0.834. The third kappa shape index (κ3) is 4.23. The Morgan fingerprint density at radius 2 is 2.12 bits per heavy atom. The molecule has 0 aliphatic carbocycles. The van der Waals surface area contributed by atoms with Gasteiger partial charge in [0.25, 0.3) is 5.69 Å². The van der Waals surface area contributed by atoms with E-state index in [9.17, 15) is 14.9 Å². The van der Waals surface area contributed by atoms with Gasteiger partial charge in [-0.15, -0.1) is 0 Å². The highest BCUT2D eigenvalue weighted by Crippen LogP contribution is 2.39. The molecule has 1 heterocycles. The molecule has 0 spiro atoms. The molecule has 1 aliphatic heterocycles. The number of anilines is 1. The van der Waals surface area contributed by atoms with E-state index in [1.807, 2.05) is 0 Å². The first-order chi connectivity index (χ1) is 11.2. The molecule has 1 aliphatic rings. The topological polar surface area (TPSA) is 81.9 Å². The number of nitro groups is 1. The summed E-state index contributed by atoms with van der Waals surface area (Å²) in [4.78, 5) is 24.6. The van der Waals surface area contributed by atoms with Crippen LogP contribution in [-0.4, -0.2) is 36.9 Å². The molecule has 0 N–H and O–H groups in total. The Bertz CT molecular complexity index is 624. The first-order valence-electron chi connectivity index (χ1n) is 8.00. The van der Waals surface area contributed by atoms with Gasteiger partial charge in [0, 0.05) is 32.4 Å². The number of carbonyl (C=O) groups excluding carboxylic acids is 1. The molecule has 0 bridgehead atoms. The average molecular weight is 336 g/mol. The molecular weight excluding hydrogens is 312 g/mol. The van der Waals surface area contributed by atoms with Gasteiger partial charge in [0.2, 0.25) is 0 Å². The maximum Gasteiger partial charge on any atom is 0.414 e. The van der Waals surface area contributed by atoms with Crippen LogP contribution >= 0.6 is 0 Å². The number of non-ortho nitro benzene ring substituents is 1. The van der Waals surface area contributed by atoms with Gasteiger partial charge in [0.15, 0.2) is 0 Å². The molecule has 1 atom stereocenters. The van der Waals surface area contributed by atoms with Gasteiger partial charge in [0.1, 0.15) is 5.60 Å². The van der Waals surface area contributed by atoms with Crippen molar-refractivity contribution in [2.24, 2.45) is 0 Å². The fourth-order valence-corrected chi connectivity index (χ4v) is 2.85. The minimum Gasteiger partial charge on any atom is -0.443 e. The zero-order valence-electron chi connectivity index (χ0n) is 14.6. The smallest absolute Gasteiger partial charge is 0.414 e. The SMILES string of the molecule is COCCC1CCN(C(=O)OC(C)(C)C)c2cc([N+](=O)[O-])ccc21. The number of amides is 1. The van der Waals surface area contributed by atoms with Gasteiger partial charge in [-0.25, -0.2) is 4.79 Å². The summed E-state index contributed by atoms with van der Waals surface area (Å²) < 4.78 is 10.6. The molecule has 1 unspecified atom stereocenters. The molecule has 1 aromatic carbocycles. The van der Waals surface area contributed by atoms with Crippen LogP contribution in [0.15, 0.2) is 18.2 Å². The highest BCUT2D eigenvalue weighted by Gasteiger charge is 2.32. The standard InChI is InChI=1S/C17H24N2O5/c1-17(2,3)24-16(20)18-9-7-12(8-10-23-4)14-6-5-13(19(21)22)11-15(14)18/h5-6,11-12H,7-10H2,1-4H3. The van der Waals surface area contributed by atoms with Gasteiger partial charge in [-0.05, 0) is 51.2 Å². The lowest BCUT2D eigenvalue weighted by Gasteiger charge is -2.35. The van der Waals surface area contributed by atoms with E-state index in [4.69, 9.17) is 9.47 Å². The minimum atomic E-state index is -0.620. The molecule has 7 heteroatoms. The van der Waals surface area contributed by atoms with Crippen molar-refractivity contribution >= 4 is 17.5 Å². The monoisotopic (exact) mass is 336 g/mol. The van der Waals surface area contributed by atoms with Crippen LogP contribution < -0.4 is 4.90 Å². The van der Waals surface area contributed by atoms with Crippen molar-refractivity contribution in [1.29, 1.82) is 0 Å². The number of rotatable bonds is 4. The molecule has 24 heavy (non-hydrogen) atoms. The number of ether oxygens (including phenoxy) is 2. The van der Waals surface area contributed by atoms with Gasteiger partial charge in [-0.3, -0.25) is 15.0 Å². The number of nitro benzene ring substituents is 1. The Morgan fingerprint density at radius 3 is 2.71 bits per heavy atom. The van der Waals surface area contributed by atoms with Crippen molar-refractivity contribution in [3.8, 4) is 0 Å². The summed E-state index contributed by atoms with van der Waals surface area (Å²) in [7, 11) is 1.65. The summed E-state index contributed by atoms with van der Waals surface area (Å²) >= 11 is 0. The van der Waals surface area contributed by atoms with Crippen molar-refractivity contribution in [2.45, 2.75) is 45.1 Å². The summed E-state index contributed by atoms with van der Waals surface area (Å²) in [6, 6.07) is 4.68. The highest BCUT2D eigenvalue weighted by atomic mass is 16.6. The van der Waals surface area contributed by atoms with Crippen molar-refractivity contribution in [3.05, 3.63) is 33.9 Å². The molecule has 7 nitrogen and oxygen atoms in total. The first-order valence-corrected chi connectivity index (χ1v) is 8.00. The van der Waals surface area contributed by atoms with E-state index < -0.39 is 16.6 Å². The Kier molecular flexibility index (Phi) is 5.43. The number of hydrogen-bond acceptors (Lipinski definition) is 5. The summed E-state index contributed by atoms with van der Waals surface area (Å²) in [5.74, 6) is 0.208. The lowest BCUT2D eigenvalue weighted by Crippen LogP contribution is -2.40. The van der Waals surface area contributed by atoms with E-state index in [0.717, 1.165) is 18.4 Å². The predicted octanol–water partition coefficient (Wildman–Crippen LogP) is 3.86. The van der Waals surface area contributed by atoms with Gasteiger partial charge in [-0.1, -0.05) is 0 Å². The van der Waals surface area contributed by atoms with Crippen molar-refractivity contribution in [1.82, 2.24) is 0 Å². The number of hydrogen-bond donors (Lipinski definition) is 0. The highest BCUT2D eigenvalue weighted by molar-refractivity contribution is 5.90. The van der Waals surface area contributed by atoms with Crippen LogP contribution in [0.5, 0.6) is 0 Å². The summed E-state index contributed by atoms with van der Waals surface area (Å²) in [6.07, 6.45) is 1.10. The van der Waals surface area contributed by atoms with Gasteiger partial charge < -0.3 is 9.47 Å². The molecule has 0 fully saturated rings. The normalized spacial score (nSPS) is 17.3. The summed E-state index contributed by atoms with van der Waals surface area (Å²) in [6.45, 7) is 6.46. The number of methoxy groups -OCH3 is 1. The average Bonchev–Trinajstić information content (AvgIpc) is 2.50. The van der Waals surface area contributed by atoms with E-state index in [-0.39, 0.29) is 11.6 Å². The van der Waals surface area contributed by atoms with Crippen LogP contribution in [-0.2, 0) is 9.47 Å². The molecule has 0 saturated carbocycles. The van der Waals surface area contributed by atoms with Crippen LogP contribution in [0.4, 0.5) is 16.2 Å². The maximum absolute atomic E-state index is 12.5. The van der Waals surface area contributed by atoms with Crippen LogP contribution in [0.1, 0.15) is 45.1 Å². The van der Waals surface area contributed by atoms with E-state index in [1.54, 1.807) is 33.9 Å². The third-order valence-electron chi connectivity index (χ3n) is 3.94. The first kappa shape index (κ1) is 18.2. The molecule has 1 aromatic rings. The fraction of sp³-hybridized carbons (Fsp3) is 0.588. The van der Waals surface area contributed by atoms with Crippen LogP contribution in [0.3, 0.4) is 0 Å². The zero-order valence-corrected chi connectivity index (χ0v) is 14.6. The van der Waals surface area contributed by atoms with Gasteiger partial charge >= 0.3 is 6.09 Å². The Labute approximate surface area is 141 Å². The van der Waals surface area contributed by atoms with Crippen LogP contribution in [0.25, 0.3) is 0 Å². The zero-order chi connectivity index (χ0) is 17.9. The quantitative estimate of drug-likeness (QED) is 0.616. The Hall–Kier alpha value is -2.15. The molecule has 132 valence electrons. The minimum absolute atomic E-state index is 0.0327. The molecule has 2 rings (SSSR count). The second kappa shape index (κ2) is 7.17. The maximum atomic E-state index is 12.5. The van der Waals surface area contributed by atoms with E-state index in [0.29, 0.717) is 18.8 Å². The molecule has 0 saturated heterocycles. The summed E-state index contributed by atoms with van der Waals surface area (Å²) in [5, 5.41) is 11.1. The van der Waals surface area contributed by atoms with E-state index in [1.165, 1.54) is 17.0 Å². The van der Waals surface area contributed by atoms with Gasteiger partial charge in [-0.2, -0.15) is 0 Å². The molecule has 0 radical (unpaired) electrons. The molecule has 0 aromatic heterocycles. The second-order valence-electron chi connectivity index (χ2n) is 6.90. The third-order valence-corrected chi connectivity index (χ3v) is 3.94. The van der Waals surface area contributed by atoms with Gasteiger partial charge in [0.05, 0.1) is 10.6 Å². The van der Waals surface area contributed by atoms with Crippen molar-refractivity contribution < 1.29 is 19.2 Å². The Morgan fingerprint density at radius 1 is 1.42 bits per heavy atom. The number of fused-ring (bicyclic) bond motifs is 1. The molecule has 1 amide bonds. The number of nitrogens with zero attached hydrogens (tertiary/aromatic N) is 2. The number of carbonyl (C=O) groups is 1. The van der Waals surface area contributed by atoms with Crippen molar-refractivity contribution in [3.63, 3.8) is 0 Å². The lowest BCUT2D eigenvalue weighted by molar-refractivity contribution is -0.384. The largest absolute Gasteiger partial charge is 0.443 e. The van der Waals surface area contributed by atoms with E-state index >= 15 is 0 Å². The lowest BCUT2D eigenvalue weighted by atomic mass is 9.87. The van der Waals surface area contributed by atoms with Crippen LogP contribution in [0, 0.1) is 10.1 Å².